The Balaban J connectivity index is 1.61. The van der Waals surface area contributed by atoms with E-state index in [2.05, 4.69) is 4.72 Å². The number of anilines is 1. The van der Waals surface area contributed by atoms with E-state index in [1.165, 1.54) is 30.2 Å². The second-order valence-electron chi connectivity index (χ2n) is 7.15. The number of methoxy groups -OCH3 is 1. The molecular weight excluding hydrogens is 462 g/mol. The van der Waals surface area contributed by atoms with E-state index in [1.807, 2.05) is 55.5 Å². The molecule has 0 aliphatic heterocycles. The molecular formula is C24H21NO4S3. The van der Waals surface area contributed by atoms with Gasteiger partial charge in [0, 0.05) is 15.3 Å². The second kappa shape index (κ2) is 9.36. The van der Waals surface area contributed by atoms with Gasteiger partial charge in [0.15, 0.2) is 0 Å². The van der Waals surface area contributed by atoms with Crippen molar-refractivity contribution >= 4 is 54.9 Å². The number of rotatable bonds is 7. The molecule has 8 heteroatoms. The van der Waals surface area contributed by atoms with Gasteiger partial charge in [-0.15, -0.1) is 23.1 Å². The molecule has 0 spiro atoms. The number of carbonyl (C=O) groups is 1. The minimum atomic E-state index is -3.74. The van der Waals surface area contributed by atoms with Crippen molar-refractivity contribution < 1.29 is 17.9 Å². The highest BCUT2D eigenvalue weighted by molar-refractivity contribution is 7.99. The van der Waals surface area contributed by atoms with Gasteiger partial charge in [0.05, 0.1) is 18.4 Å². The van der Waals surface area contributed by atoms with Gasteiger partial charge in [0.1, 0.15) is 4.21 Å². The van der Waals surface area contributed by atoms with Crippen molar-refractivity contribution in [2.24, 2.45) is 0 Å². The Hall–Kier alpha value is -2.81. The van der Waals surface area contributed by atoms with Gasteiger partial charge >= 0.3 is 5.97 Å². The number of hydrogen-bond acceptors (Lipinski definition) is 6. The summed E-state index contributed by atoms with van der Waals surface area (Å²) in [6.45, 7) is 1.96. The van der Waals surface area contributed by atoms with Crippen LogP contribution in [0.15, 0.2) is 81.9 Å². The summed E-state index contributed by atoms with van der Waals surface area (Å²) in [7, 11) is -2.38. The van der Waals surface area contributed by atoms with Gasteiger partial charge < -0.3 is 4.74 Å². The zero-order chi connectivity index (χ0) is 22.7. The lowest BCUT2D eigenvalue weighted by atomic mass is 10.1. The Labute approximate surface area is 195 Å². The topological polar surface area (TPSA) is 72.5 Å². The van der Waals surface area contributed by atoms with Crippen molar-refractivity contribution in [3.05, 3.63) is 89.5 Å². The zero-order valence-corrected chi connectivity index (χ0v) is 19.9. The molecule has 0 aliphatic rings. The summed E-state index contributed by atoms with van der Waals surface area (Å²) in [6, 6.07) is 22.1. The third kappa shape index (κ3) is 4.82. The number of benzene rings is 3. The van der Waals surface area contributed by atoms with E-state index in [4.69, 9.17) is 4.74 Å². The smallest absolute Gasteiger partial charge is 0.338 e. The first kappa shape index (κ1) is 22.4. The summed E-state index contributed by atoms with van der Waals surface area (Å²) in [5, 5.41) is 0.899. The number of ether oxygens (including phenoxy) is 1. The molecule has 0 radical (unpaired) electrons. The summed E-state index contributed by atoms with van der Waals surface area (Å²) >= 11 is 2.71. The molecule has 0 fully saturated rings. The highest BCUT2D eigenvalue weighted by atomic mass is 32.2. The van der Waals surface area contributed by atoms with Crippen molar-refractivity contribution in [2.75, 3.05) is 11.8 Å². The summed E-state index contributed by atoms with van der Waals surface area (Å²) in [5.74, 6) is 0.0999. The van der Waals surface area contributed by atoms with Crippen LogP contribution < -0.4 is 4.72 Å². The predicted octanol–water partition coefficient (Wildman–Crippen LogP) is 6.09. The van der Waals surface area contributed by atoms with Gasteiger partial charge in [-0.2, -0.15) is 0 Å². The quantitative estimate of drug-likeness (QED) is 0.254. The molecule has 0 amide bonds. The summed E-state index contributed by atoms with van der Waals surface area (Å²) in [4.78, 5) is 12.8. The number of carbonyl (C=O) groups excluding carboxylic acids is 1. The van der Waals surface area contributed by atoms with Crippen LogP contribution in [0.1, 0.15) is 21.5 Å². The number of nitrogens with one attached hydrogen (secondary N) is 1. The number of esters is 1. The van der Waals surface area contributed by atoms with Crippen LogP contribution in [0, 0.1) is 6.92 Å². The third-order valence-corrected chi connectivity index (χ3v) is 8.91. The number of hydrogen-bond donors (Lipinski definition) is 1. The average molecular weight is 484 g/mol. The fourth-order valence-electron chi connectivity index (χ4n) is 3.23. The number of thioether (sulfide) groups is 1. The number of aryl methyl sites for hydroxylation is 1. The molecule has 5 nitrogen and oxygen atoms in total. The van der Waals surface area contributed by atoms with Gasteiger partial charge in [-0.1, -0.05) is 42.5 Å². The van der Waals surface area contributed by atoms with Crippen LogP contribution in [-0.2, 0) is 20.5 Å². The van der Waals surface area contributed by atoms with Crippen molar-refractivity contribution in [3.8, 4) is 0 Å². The Morgan fingerprint density at radius 1 is 1.03 bits per heavy atom. The minimum absolute atomic E-state index is 0.270. The van der Waals surface area contributed by atoms with Gasteiger partial charge in [-0.3, -0.25) is 4.72 Å². The van der Waals surface area contributed by atoms with Crippen LogP contribution >= 0.6 is 23.1 Å². The van der Waals surface area contributed by atoms with Gasteiger partial charge in [-0.05, 0) is 53.8 Å². The molecule has 164 valence electrons. The molecule has 32 heavy (non-hydrogen) atoms. The van der Waals surface area contributed by atoms with Crippen LogP contribution in [0.25, 0.3) is 10.1 Å². The Morgan fingerprint density at radius 2 is 1.78 bits per heavy atom. The molecule has 0 aliphatic carbocycles. The van der Waals surface area contributed by atoms with Crippen LogP contribution in [0.3, 0.4) is 0 Å². The average Bonchev–Trinajstić information content (AvgIpc) is 3.24. The Kier molecular flexibility index (Phi) is 6.55. The second-order valence-corrected chi connectivity index (χ2v) is 11.2. The molecule has 0 unspecified atom stereocenters. The molecule has 4 rings (SSSR count). The molecule has 4 aromatic rings. The monoisotopic (exact) mass is 483 g/mol. The van der Waals surface area contributed by atoms with E-state index < -0.39 is 16.0 Å². The molecule has 0 atom stereocenters. The maximum atomic E-state index is 13.1. The van der Waals surface area contributed by atoms with Gasteiger partial charge in [-0.25, -0.2) is 13.2 Å². The number of fused-ring (bicyclic) bond motifs is 1. The van der Waals surface area contributed by atoms with E-state index in [9.17, 15) is 13.2 Å². The van der Waals surface area contributed by atoms with Crippen molar-refractivity contribution in [1.29, 1.82) is 0 Å². The molecule has 1 N–H and O–H groups in total. The zero-order valence-electron chi connectivity index (χ0n) is 17.5. The molecule has 0 saturated carbocycles. The van der Waals surface area contributed by atoms with E-state index in [1.54, 1.807) is 24.3 Å². The maximum Gasteiger partial charge on any atom is 0.338 e. The highest BCUT2D eigenvalue weighted by Crippen LogP contribution is 2.35. The van der Waals surface area contributed by atoms with Crippen molar-refractivity contribution in [2.45, 2.75) is 21.8 Å². The standard InChI is InChI=1S/C24H21NO4S3/c1-16-11-12-20(25-32(27,28)23-14-17-7-4-6-10-21(17)31-23)22(13-16)30-15-18-8-3-5-9-19(18)24(26)29-2/h3-14,25H,15H2,1-2H3. The number of thiophene rings is 1. The third-order valence-electron chi connectivity index (χ3n) is 4.86. The minimum Gasteiger partial charge on any atom is -0.465 e. The lowest BCUT2D eigenvalue weighted by Gasteiger charge is -2.13. The predicted molar refractivity (Wildman–Crippen MR) is 131 cm³/mol. The molecule has 1 aromatic heterocycles. The summed E-state index contributed by atoms with van der Waals surface area (Å²) in [6.07, 6.45) is 0. The molecule has 0 bridgehead atoms. The molecule has 0 saturated heterocycles. The SMILES string of the molecule is COC(=O)c1ccccc1CSc1cc(C)ccc1NS(=O)(=O)c1cc2ccccc2s1. The fourth-order valence-corrected chi connectivity index (χ4v) is 6.88. The Bertz CT molecular complexity index is 1360. The van der Waals surface area contributed by atoms with E-state index in [-0.39, 0.29) is 4.21 Å². The van der Waals surface area contributed by atoms with Crippen LogP contribution in [0.5, 0.6) is 0 Å². The first-order valence-electron chi connectivity index (χ1n) is 9.78. The maximum absolute atomic E-state index is 13.1. The van der Waals surface area contributed by atoms with E-state index in [0.717, 1.165) is 26.1 Å². The first-order chi connectivity index (χ1) is 15.4. The van der Waals surface area contributed by atoms with Gasteiger partial charge in [0.2, 0.25) is 0 Å². The first-order valence-corrected chi connectivity index (χ1v) is 13.1. The van der Waals surface area contributed by atoms with E-state index >= 15 is 0 Å². The highest BCUT2D eigenvalue weighted by Gasteiger charge is 2.20. The molecule has 1 heterocycles. The fraction of sp³-hybridized carbons (Fsp3) is 0.125. The van der Waals surface area contributed by atoms with Gasteiger partial charge in [0.25, 0.3) is 10.0 Å². The lowest BCUT2D eigenvalue weighted by molar-refractivity contribution is 0.0600. The summed E-state index contributed by atoms with van der Waals surface area (Å²) < 4.78 is 35.0. The van der Waals surface area contributed by atoms with Crippen LogP contribution in [0.2, 0.25) is 0 Å². The van der Waals surface area contributed by atoms with Crippen LogP contribution in [0.4, 0.5) is 5.69 Å². The van der Waals surface area contributed by atoms with Crippen LogP contribution in [-0.4, -0.2) is 21.5 Å². The number of sulfonamides is 1. The normalized spacial score (nSPS) is 11.4. The summed E-state index contributed by atoms with van der Waals surface area (Å²) in [5.41, 5.74) is 2.85. The molecule has 3 aromatic carbocycles. The van der Waals surface area contributed by atoms with Crippen molar-refractivity contribution in [1.82, 2.24) is 0 Å². The largest absolute Gasteiger partial charge is 0.465 e. The van der Waals surface area contributed by atoms with E-state index in [0.29, 0.717) is 17.0 Å². The Morgan fingerprint density at radius 3 is 2.56 bits per heavy atom. The lowest BCUT2D eigenvalue weighted by Crippen LogP contribution is -2.12. The van der Waals surface area contributed by atoms with Crippen molar-refractivity contribution in [3.63, 3.8) is 0 Å².